The summed E-state index contributed by atoms with van der Waals surface area (Å²) in [6, 6.07) is 26.9. The fourth-order valence-corrected chi connectivity index (χ4v) is 4.18. The van der Waals surface area contributed by atoms with E-state index in [-0.39, 0.29) is 30.2 Å². The third-order valence-electron chi connectivity index (χ3n) is 6.19. The van der Waals surface area contributed by atoms with Crippen molar-refractivity contribution in [2.75, 3.05) is 0 Å². The minimum absolute atomic E-state index is 0.0412. The molecule has 0 aromatic heterocycles. The molecule has 178 valence electrons. The highest BCUT2D eigenvalue weighted by Crippen LogP contribution is 2.29. The van der Waals surface area contributed by atoms with Gasteiger partial charge in [0.15, 0.2) is 0 Å². The van der Waals surface area contributed by atoms with Crippen LogP contribution in [0.15, 0.2) is 84.9 Å². The summed E-state index contributed by atoms with van der Waals surface area (Å²) < 4.78 is 0. The van der Waals surface area contributed by atoms with Crippen molar-refractivity contribution in [3.63, 3.8) is 0 Å². The predicted molar refractivity (Wildman–Crippen MR) is 139 cm³/mol. The highest BCUT2D eigenvalue weighted by atomic mass is 35.5. The normalized spacial score (nSPS) is 12.7. The number of carbonyl (C=O) groups is 2. The van der Waals surface area contributed by atoms with Gasteiger partial charge in [-0.2, -0.15) is 0 Å². The highest BCUT2D eigenvalue weighted by Gasteiger charge is 2.29. The van der Waals surface area contributed by atoms with Gasteiger partial charge < -0.3 is 10.2 Å². The highest BCUT2D eigenvalue weighted by molar-refractivity contribution is 6.30. The number of amides is 2. The summed E-state index contributed by atoms with van der Waals surface area (Å²) in [6.45, 7) is 6.09. The van der Waals surface area contributed by atoms with Crippen LogP contribution in [-0.4, -0.2) is 28.8 Å². The van der Waals surface area contributed by atoms with Gasteiger partial charge in [-0.05, 0) is 49.1 Å². The number of nitrogens with zero attached hydrogens (tertiary/aromatic N) is 1. The molecule has 0 bridgehead atoms. The Morgan fingerprint density at radius 1 is 0.882 bits per heavy atom. The van der Waals surface area contributed by atoms with Gasteiger partial charge in [-0.15, -0.1) is 0 Å². The molecule has 0 fully saturated rings. The Bertz CT molecular complexity index is 1030. The fourth-order valence-electron chi connectivity index (χ4n) is 3.97. The van der Waals surface area contributed by atoms with E-state index >= 15 is 0 Å². The van der Waals surface area contributed by atoms with Gasteiger partial charge in [-0.1, -0.05) is 91.3 Å². The predicted octanol–water partition coefficient (Wildman–Crippen LogP) is 6.19. The first-order valence-electron chi connectivity index (χ1n) is 11.8. The molecule has 0 saturated carbocycles. The van der Waals surface area contributed by atoms with E-state index in [1.807, 2.05) is 92.7 Å². The number of rotatable bonds is 10. The number of nitrogens with one attached hydrogen (secondary N) is 1. The summed E-state index contributed by atoms with van der Waals surface area (Å²) in [6.07, 6.45) is 1.08. The Balaban J connectivity index is 1.91. The van der Waals surface area contributed by atoms with Crippen LogP contribution in [0.3, 0.4) is 0 Å². The van der Waals surface area contributed by atoms with Crippen LogP contribution in [0.25, 0.3) is 0 Å². The van der Waals surface area contributed by atoms with Gasteiger partial charge in [0, 0.05) is 29.9 Å². The Morgan fingerprint density at radius 3 is 2.00 bits per heavy atom. The van der Waals surface area contributed by atoms with Crippen LogP contribution in [0.4, 0.5) is 0 Å². The molecule has 0 radical (unpaired) electrons. The lowest BCUT2D eigenvalue weighted by molar-refractivity contribution is -0.141. The first-order valence-corrected chi connectivity index (χ1v) is 12.2. The van der Waals surface area contributed by atoms with Crippen molar-refractivity contribution in [1.82, 2.24) is 10.2 Å². The molecule has 3 aromatic carbocycles. The topological polar surface area (TPSA) is 49.4 Å². The lowest BCUT2D eigenvalue weighted by Gasteiger charge is -2.31. The van der Waals surface area contributed by atoms with E-state index in [1.54, 1.807) is 17.9 Å². The van der Waals surface area contributed by atoms with Crippen molar-refractivity contribution in [1.29, 1.82) is 0 Å². The van der Waals surface area contributed by atoms with Crippen LogP contribution in [-0.2, 0) is 16.1 Å². The second-order valence-electron chi connectivity index (χ2n) is 8.72. The zero-order valence-corrected chi connectivity index (χ0v) is 20.8. The van der Waals surface area contributed by atoms with Crippen LogP contribution in [0.1, 0.15) is 56.2 Å². The second-order valence-corrected chi connectivity index (χ2v) is 9.16. The number of hydrogen-bond donors (Lipinski definition) is 1. The average Bonchev–Trinajstić information content (AvgIpc) is 2.86. The summed E-state index contributed by atoms with van der Waals surface area (Å²) in [5.41, 5.74) is 3.03. The van der Waals surface area contributed by atoms with Crippen LogP contribution in [0.2, 0.25) is 5.02 Å². The Kier molecular flexibility index (Phi) is 9.29. The molecular formula is C29H33ClN2O2. The van der Waals surface area contributed by atoms with Gasteiger partial charge >= 0.3 is 0 Å². The fraction of sp³-hybridized carbons (Fsp3) is 0.310. The van der Waals surface area contributed by atoms with Crippen molar-refractivity contribution >= 4 is 23.4 Å². The molecule has 0 heterocycles. The summed E-state index contributed by atoms with van der Waals surface area (Å²) in [7, 11) is 0. The van der Waals surface area contributed by atoms with Gasteiger partial charge in [0.05, 0.1) is 0 Å². The number of carbonyl (C=O) groups excluding carboxylic acids is 2. The molecule has 34 heavy (non-hydrogen) atoms. The average molecular weight is 477 g/mol. The molecule has 2 unspecified atom stereocenters. The van der Waals surface area contributed by atoms with Gasteiger partial charge in [0.25, 0.3) is 0 Å². The van der Waals surface area contributed by atoms with Crippen molar-refractivity contribution in [3.8, 4) is 0 Å². The van der Waals surface area contributed by atoms with E-state index in [0.717, 1.165) is 23.1 Å². The smallest absolute Gasteiger partial charge is 0.242 e. The molecule has 1 N–H and O–H groups in total. The SMILES string of the molecule is CCC(C)NC(=O)C(C)N(Cc1cccc(Cl)c1)C(=O)CC(c1ccccc1)c1ccccc1. The molecule has 3 aromatic rings. The van der Waals surface area contributed by atoms with Gasteiger partial charge in [0.1, 0.15) is 6.04 Å². The maximum atomic E-state index is 13.8. The molecule has 0 spiro atoms. The van der Waals surface area contributed by atoms with Crippen molar-refractivity contribution in [3.05, 3.63) is 107 Å². The molecule has 4 nitrogen and oxygen atoms in total. The molecule has 3 rings (SSSR count). The van der Waals surface area contributed by atoms with Crippen LogP contribution in [0, 0.1) is 0 Å². The van der Waals surface area contributed by atoms with Crippen LogP contribution in [0.5, 0.6) is 0 Å². The standard InChI is InChI=1S/C29H33ClN2O2/c1-4-21(2)31-29(34)22(3)32(20-23-12-11-17-26(30)18-23)28(33)19-27(24-13-7-5-8-14-24)25-15-9-6-10-16-25/h5-18,21-22,27H,4,19-20H2,1-3H3,(H,31,34). The zero-order chi connectivity index (χ0) is 24.5. The quantitative estimate of drug-likeness (QED) is 0.379. The Labute approximate surface area is 207 Å². The van der Waals surface area contributed by atoms with Crippen molar-refractivity contribution in [2.24, 2.45) is 0 Å². The largest absolute Gasteiger partial charge is 0.352 e. The summed E-state index contributed by atoms with van der Waals surface area (Å²) >= 11 is 6.20. The zero-order valence-electron chi connectivity index (χ0n) is 20.1. The maximum Gasteiger partial charge on any atom is 0.242 e. The third-order valence-corrected chi connectivity index (χ3v) is 6.43. The monoisotopic (exact) mass is 476 g/mol. The van der Waals surface area contributed by atoms with E-state index in [4.69, 9.17) is 11.6 Å². The second kappa shape index (κ2) is 12.4. The van der Waals surface area contributed by atoms with Crippen LogP contribution < -0.4 is 5.32 Å². The van der Waals surface area contributed by atoms with Crippen LogP contribution >= 0.6 is 11.6 Å². The van der Waals surface area contributed by atoms with E-state index in [2.05, 4.69) is 5.32 Å². The number of benzene rings is 3. The Morgan fingerprint density at radius 2 is 1.47 bits per heavy atom. The minimum atomic E-state index is -0.618. The molecular weight excluding hydrogens is 444 g/mol. The molecule has 0 aliphatic rings. The summed E-state index contributed by atoms with van der Waals surface area (Å²) in [4.78, 5) is 28.5. The summed E-state index contributed by atoms with van der Waals surface area (Å²) in [5, 5.41) is 3.62. The third kappa shape index (κ3) is 6.94. The first-order chi connectivity index (χ1) is 16.4. The van der Waals surface area contributed by atoms with E-state index in [0.29, 0.717) is 11.6 Å². The number of hydrogen-bond acceptors (Lipinski definition) is 2. The molecule has 2 amide bonds. The van der Waals surface area contributed by atoms with Crippen molar-refractivity contribution in [2.45, 2.75) is 58.2 Å². The van der Waals surface area contributed by atoms with E-state index < -0.39 is 6.04 Å². The molecule has 0 aliphatic carbocycles. The Hall–Kier alpha value is -3.11. The minimum Gasteiger partial charge on any atom is -0.352 e. The van der Waals surface area contributed by atoms with E-state index in [9.17, 15) is 9.59 Å². The first kappa shape index (κ1) is 25.5. The van der Waals surface area contributed by atoms with E-state index in [1.165, 1.54) is 0 Å². The lowest BCUT2D eigenvalue weighted by atomic mass is 9.88. The molecule has 0 saturated heterocycles. The number of halogens is 1. The maximum absolute atomic E-state index is 13.8. The lowest BCUT2D eigenvalue weighted by Crippen LogP contribution is -2.49. The molecule has 5 heteroatoms. The molecule has 0 aliphatic heterocycles. The molecule has 2 atom stereocenters. The van der Waals surface area contributed by atoms with Gasteiger partial charge in [0.2, 0.25) is 11.8 Å². The summed E-state index contributed by atoms with van der Waals surface area (Å²) in [5.74, 6) is -0.341. The van der Waals surface area contributed by atoms with Gasteiger partial charge in [-0.25, -0.2) is 0 Å². The van der Waals surface area contributed by atoms with Crippen molar-refractivity contribution < 1.29 is 9.59 Å². The van der Waals surface area contributed by atoms with Gasteiger partial charge in [-0.3, -0.25) is 9.59 Å².